The first-order valence-electron chi connectivity index (χ1n) is 10.7. The fourth-order valence-corrected chi connectivity index (χ4v) is 5.55. The maximum Gasteiger partial charge on any atom is 0.336 e. The highest BCUT2D eigenvalue weighted by atomic mass is 32.1. The molecule has 8 nitrogen and oxygen atoms in total. The number of nitrogens with zero attached hydrogens (tertiary/aromatic N) is 3. The second-order valence-corrected chi connectivity index (χ2v) is 8.92. The van der Waals surface area contributed by atoms with E-state index in [0.717, 1.165) is 23.3 Å². The molecule has 0 atom stereocenters. The molecule has 0 fully saturated rings. The van der Waals surface area contributed by atoms with Crippen LogP contribution >= 0.6 is 11.3 Å². The zero-order valence-corrected chi connectivity index (χ0v) is 19.6. The third-order valence-electron chi connectivity index (χ3n) is 5.93. The minimum Gasteiger partial charge on any atom is -0.497 e. The van der Waals surface area contributed by atoms with Gasteiger partial charge in [0.1, 0.15) is 16.3 Å². The molecule has 0 aliphatic carbocycles. The zero-order valence-electron chi connectivity index (χ0n) is 18.8. The number of aryl methyl sites for hydroxylation is 1. The quantitative estimate of drug-likeness (QED) is 0.568. The van der Waals surface area contributed by atoms with Gasteiger partial charge in [-0.05, 0) is 30.5 Å². The van der Waals surface area contributed by atoms with E-state index < -0.39 is 5.69 Å². The standard InChI is InChI=1S/C23H27N3O5S/c1-5-6-10-25-22-20(16-9-11-24(14(2)27)13-19(16)32-22)21(28)26(23(25)29)17-12-15(30-3)7-8-18(17)31-4/h7-8,12H,5-6,9-11,13H2,1-4H3. The van der Waals surface area contributed by atoms with E-state index in [0.29, 0.717) is 53.5 Å². The second kappa shape index (κ2) is 8.82. The predicted molar refractivity (Wildman–Crippen MR) is 124 cm³/mol. The molecular weight excluding hydrogens is 430 g/mol. The van der Waals surface area contributed by atoms with Crippen molar-refractivity contribution < 1.29 is 14.3 Å². The molecule has 1 aliphatic heterocycles. The van der Waals surface area contributed by atoms with Crippen molar-refractivity contribution in [3.8, 4) is 17.2 Å². The van der Waals surface area contributed by atoms with Crippen LogP contribution in [0.5, 0.6) is 11.5 Å². The van der Waals surface area contributed by atoms with Gasteiger partial charge < -0.3 is 14.4 Å². The van der Waals surface area contributed by atoms with Crippen molar-refractivity contribution in [1.82, 2.24) is 14.0 Å². The van der Waals surface area contributed by atoms with Gasteiger partial charge in [0, 0.05) is 31.0 Å². The summed E-state index contributed by atoms with van der Waals surface area (Å²) in [6.07, 6.45) is 2.31. The largest absolute Gasteiger partial charge is 0.497 e. The smallest absolute Gasteiger partial charge is 0.336 e. The number of benzene rings is 1. The van der Waals surface area contributed by atoms with Gasteiger partial charge in [0.15, 0.2) is 0 Å². The van der Waals surface area contributed by atoms with Crippen LogP contribution < -0.4 is 20.7 Å². The number of amides is 1. The number of hydrogen-bond donors (Lipinski definition) is 0. The van der Waals surface area contributed by atoms with Crippen LogP contribution in [0.25, 0.3) is 15.9 Å². The fourth-order valence-electron chi connectivity index (χ4n) is 4.17. The van der Waals surface area contributed by atoms with Crippen molar-refractivity contribution >= 4 is 27.5 Å². The number of methoxy groups -OCH3 is 2. The molecule has 3 heterocycles. The van der Waals surface area contributed by atoms with Crippen LogP contribution in [-0.4, -0.2) is 40.7 Å². The van der Waals surface area contributed by atoms with Crippen LogP contribution in [0, 0.1) is 0 Å². The van der Waals surface area contributed by atoms with Gasteiger partial charge in [0.2, 0.25) is 5.91 Å². The number of hydrogen-bond acceptors (Lipinski definition) is 6. The van der Waals surface area contributed by atoms with Crippen LogP contribution in [0.4, 0.5) is 0 Å². The van der Waals surface area contributed by atoms with Crippen LogP contribution in [0.3, 0.4) is 0 Å². The van der Waals surface area contributed by atoms with E-state index >= 15 is 0 Å². The number of ether oxygens (including phenoxy) is 2. The maximum absolute atomic E-state index is 13.8. The first-order valence-corrected chi connectivity index (χ1v) is 11.5. The summed E-state index contributed by atoms with van der Waals surface area (Å²) in [5.41, 5.74) is 0.533. The molecule has 9 heteroatoms. The van der Waals surface area contributed by atoms with E-state index in [-0.39, 0.29) is 11.5 Å². The topological polar surface area (TPSA) is 82.8 Å². The summed E-state index contributed by atoms with van der Waals surface area (Å²) in [5, 5.41) is 0.564. The molecule has 3 aromatic rings. The maximum atomic E-state index is 13.8. The highest BCUT2D eigenvalue weighted by Gasteiger charge is 2.28. The number of unbranched alkanes of at least 4 members (excludes halogenated alkanes) is 1. The van der Waals surface area contributed by atoms with Crippen LogP contribution in [0.1, 0.15) is 37.1 Å². The van der Waals surface area contributed by atoms with Crippen LogP contribution in [0.15, 0.2) is 27.8 Å². The Morgan fingerprint density at radius 1 is 1.19 bits per heavy atom. The Bertz CT molecular complexity index is 1300. The lowest BCUT2D eigenvalue weighted by atomic mass is 10.1. The molecule has 1 aromatic carbocycles. The molecule has 0 bridgehead atoms. The van der Waals surface area contributed by atoms with Crippen molar-refractivity contribution in [3.63, 3.8) is 0 Å². The summed E-state index contributed by atoms with van der Waals surface area (Å²) in [6.45, 7) is 5.15. The first-order chi connectivity index (χ1) is 15.4. The van der Waals surface area contributed by atoms with Gasteiger partial charge in [-0.2, -0.15) is 0 Å². The van der Waals surface area contributed by atoms with Crippen molar-refractivity contribution in [1.29, 1.82) is 0 Å². The lowest BCUT2D eigenvalue weighted by Gasteiger charge is -2.25. The number of rotatable bonds is 6. The number of carbonyl (C=O) groups excluding carboxylic acids is 1. The van der Waals surface area contributed by atoms with E-state index in [1.54, 1.807) is 34.6 Å². The molecule has 32 heavy (non-hydrogen) atoms. The number of aromatic nitrogens is 2. The SMILES string of the molecule is CCCCn1c(=O)n(-c2cc(OC)ccc2OC)c(=O)c2c3c(sc21)CN(C(C)=O)CC3. The average Bonchev–Trinajstić information content (AvgIpc) is 3.17. The third-order valence-corrected chi connectivity index (χ3v) is 7.17. The van der Waals surface area contributed by atoms with Gasteiger partial charge >= 0.3 is 5.69 Å². The summed E-state index contributed by atoms with van der Waals surface area (Å²) < 4.78 is 13.7. The Labute approximate surface area is 189 Å². The van der Waals surface area contributed by atoms with Gasteiger partial charge in [0.25, 0.3) is 5.56 Å². The number of carbonyl (C=O) groups is 1. The molecule has 2 aromatic heterocycles. The third kappa shape index (κ3) is 3.60. The van der Waals surface area contributed by atoms with E-state index in [9.17, 15) is 14.4 Å². The molecule has 0 saturated heterocycles. The Morgan fingerprint density at radius 3 is 2.62 bits per heavy atom. The molecule has 1 amide bonds. The van der Waals surface area contributed by atoms with Crippen molar-refractivity contribution in [3.05, 3.63) is 49.5 Å². The molecule has 170 valence electrons. The second-order valence-electron chi connectivity index (χ2n) is 7.84. The minimum absolute atomic E-state index is 0.00927. The summed E-state index contributed by atoms with van der Waals surface area (Å²) in [5.74, 6) is 0.949. The molecule has 0 saturated carbocycles. The van der Waals surface area contributed by atoms with E-state index in [1.807, 2.05) is 0 Å². The van der Waals surface area contributed by atoms with Gasteiger partial charge in [0.05, 0.1) is 31.8 Å². The monoisotopic (exact) mass is 457 g/mol. The summed E-state index contributed by atoms with van der Waals surface area (Å²) in [6, 6.07) is 5.06. The van der Waals surface area contributed by atoms with Gasteiger partial charge in [-0.15, -0.1) is 11.3 Å². The van der Waals surface area contributed by atoms with E-state index in [4.69, 9.17) is 9.47 Å². The molecule has 1 aliphatic rings. The fraction of sp³-hybridized carbons (Fsp3) is 0.435. The van der Waals surface area contributed by atoms with Crippen molar-refractivity contribution in [2.45, 2.75) is 46.2 Å². The molecule has 0 radical (unpaired) electrons. The van der Waals surface area contributed by atoms with E-state index in [1.165, 1.54) is 30.1 Å². The molecular formula is C23H27N3O5S. The number of thiophene rings is 1. The van der Waals surface area contributed by atoms with Gasteiger partial charge in [-0.25, -0.2) is 9.36 Å². The van der Waals surface area contributed by atoms with Crippen molar-refractivity contribution in [2.24, 2.45) is 0 Å². The lowest BCUT2D eigenvalue weighted by molar-refractivity contribution is -0.129. The van der Waals surface area contributed by atoms with Crippen LogP contribution in [-0.2, 0) is 24.3 Å². The molecule has 0 unspecified atom stereocenters. The highest BCUT2D eigenvalue weighted by Crippen LogP contribution is 2.34. The van der Waals surface area contributed by atoms with Crippen LogP contribution in [0.2, 0.25) is 0 Å². The lowest BCUT2D eigenvalue weighted by Crippen LogP contribution is -2.39. The van der Waals surface area contributed by atoms with Gasteiger partial charge in [-0.3, -0.25) is 14.2 Å². The first kappa shape index (κ1) is 22.1. The minimum atomic E-state index is -0.399. The molecule has 0 spiro atoms. The zero-order chi connectivity index (χ0) is 23.0. The summed E-state index contributed by atoms with van der Waals surface area (Å²) in [7, 11) is 3.04. The Hall–Kier alpha value is -3.07. The predicted octanol–water partition coefficient (Wildman–Crippen LogP) is 2.94. The van der Waals surface area contributed by atoms with Gasteiger partial charge in [-0.1, -0.05) is 13.3 Å². The highest BCUT2D eigenvalue weighted by molar-refractivity contribution is 7.18. The summed E-state index contributed by atoms with van der Waals surface area (Å²) in [4.78, 5) is 42.7. The molecule has 0 N–H and O–H groups in total. The Morgan fingerprint density at radius 2 is 1.97 bits per heavy atom. The number of fused-ring (bicyclic) bond motifs is 3. The summed E-state index contributed by atoms with van der Waals surface area (Å²) >= 11 is 1.45. The Balaban J connectivity index is 2.05. The average molecular weight is 458 g/mol. The normalized spacial score (nSPS) is 13.3. The van der Waals surface area contributed by atoms with E-state index in [2.05, 4.69) is 6.92 Å². The Kier molecular flexibility index (Phi) is 6.10. The molecule has 4 rings (SSSR count). The van der Waals surface area contributed by atoms with Crippen molar-refractivity contribution in [2.75, 3.05) is 20.8 Å².